The third-order valence-corrected chi connectivity index (χ3v) is 5.58. The fourth-order valence-electron chi connectivity index (χ4n) is 3.85. The lowest BCUT2D eigenvalue weighted by Crippen LogP contribution is -2.48. The van der Waals surface area contributed by atoms with Crippen molar-refractivity contribution in [2.75, 3.05) is 6.54 Å². The van der Waals surface area contributed by atoms with E-state index >= 15 is 0 Å². The highest BCUT2D eigenvalue weighted by Crippen LogP contribution is 2.31. The van der Waals surface area contributed by atoms with E-state index in [9.17, 15) is 0 Å². The van der Waals surface area contributed by atoms with Crippen LogP contribution in [-0.4, -0.2) is 29.6 Å². The minimum absolute atomic E-state index is 0.765. The summed E-state index contributed by atoms with van der Waals surface area (Å²) in [7, 11) is 0. The minimum atomic E-state index is 0.765. The van der Waals surface area contributed by atoms with Gasteiger partial charge in [0.15, 0.2) is 0 Å². The Kier molecular flexibility index (Phi) is 4.79. The third kappa shape index (κ3) is 3.26. The van der Waals surface area contributed by atoms with Crippen LogP contribution in [0.25, 0.3) is 0 Å². The van der Waals surface area contributed by atoms with Crippen molar-refractivity contribution in [3.63, 3.8) is 0 Å². The van der Waals surface area contributed by atoms with Crippen LogP contribution in [-0.2, 0) is 6.54 Å². The number of hydrogen-bond acceptors (Lipinski definition) is 2. The van der Waals surface area contributed by atoms with Crippen LogP contribution in [0.15, 0.2) is 28.7 Å². The Morgan fingerprint density at radius 2 is 1.90 bits per heavy atom. The van der Waals surface area contributed by atoms with Crippen molar-refractivity contribution in [3.8, 4) is 0 Å². The predicted molar refractivity (Wildman–Crippen MR) is 87.8 cm³/mol. The van der Waals surface area contributed by atoms with Crippen LogP contribution >= 0.6 is 15.9 Å². The van der Waals surface area contributed by atoms with Crippen molar-refractivity contribution < 1.29 is 0 Å². The van der Waals surface area contributed by atoms with Crippen molar-refractivity contribution in [3.05, 3.63) is 34.3 Å². The highest BCUT2D eigenvalue weighted by atomic mass is 79.9. The van der Waals surface area contributed by atoms with Gasteiger partial charge in [-0.25, -0.2) is 0 Å². The van der Waals surface area contributed by atoms with Crippen LogP contribution < -0.4 is 5.32 Å². The number of fused-ring (bicyclic) bond motifs is 2. The number of nitrogens with zero attached hydrogens (tertiary/aromatic N) is 1. The predicted octanol–water partition coefficient (Wildman–Crippen LogP) is 3.94. The first kappa shape index (κ1) is 14.6. The van der Waals surface area contributed by atoms with Gasteiger partial charge in [0.2, 0.25) is 0 Å². The molecule has 2 heterocycles. The molecule has 3 heteroatoms. The molecular weight excluding hydrogens is 312 g/mol. The third-order valence-electron chi connectivity index (χ3n) is 4.81. The number of halogens is 1. The Morgan fingerprint density at radius 3 is 2.55 bits per heavy atom. The molecule has 0 radical (unpaired) electrons. The molecule has 2 nitrogen and oxygen atoms in total. The molecule has 2 fully saturated rings. The normalized spacial score (nSPS) is 29.1. The van der Waals surface area contributed by atoms with Crippen molar-refractivity contribution in [2.45, 2.75) is 63.7 Å². The Bertz CT molecular complexity index is 436. The van der Waals surface area contributed by atoms with Crippen LogP contribution in [0.5, 0.6) is 0 Å². The molecule has 0 amide bonds. The highest BCUT2D eigenvalue weighted by molar-refractivity contribution is 9.10. The molecule has 1 aromatic rings. The molecule has 0 saturated carbocycles. The van der Waals surface area contributed by atoms with E-state index in [2.05, 4.69) is 57.3 Å². The number of benzene rings is 1. The topological polar surface area (TPSA) is 15.3 Å². The summed E-state index contributed by atoms with van der Waals surface area (Å²) < 4.78 is 1.25. The Hall–Kier alpha value is -0.380. The summed E-state index contributed by atoms with van der Waals surface area (Å²) in [6, 6.07) is 11.0. The summed E-state index contributed by atoms with van der Waals surface area (Å²) >= 11 is 3.70. The van der Waals surface area contributed by atoms with Gasteiger partial charge in [-0.15, -0.1) is 0 Å². The molecule has 2 aliphatic rings. The zero-order chi connectivity index (χ0) is 13.9. The van der Waals surface area contributed by atoms with E-state index in [1.165, 1.54) is 48.7 Å². The zero-order valence-electron chi connectivity index (χ0n) is 12.3. The molecule has 2 aliphatic heterocycles. The second kappa shape index (κ2) is 6.59. The summed E-state index contributed by atoms with van der Waals surface area (Å²) in [6.45, 7) is 4.59. The Morgan fingerprint density at radius 1 is 1.20 bits per heavy atom. The molecular formula is C17H25BrN2. The quantitative estimate of drug-likeness (QED) is 0.875. The molecule has 2 saturated heterocycles. The maximum absolute atomic E-state index is 3.76. The van der Waals surface area contributed by atoms with Gasteiger partial charge in [-0.2, -0.15) is 0 Å². The van der Waals surface area contributed by atoms with Gasteiger partial charge >= 0.3 is 0 Å². The molecule has 110 valence electrons. The van der Waals surface area contributed by atoms with E-state index in [1.807, 2.05) is 0 Å². The molecule has 2 bridgehead atoms. The number of piperidine rings is 1. The molecule has 0 aromatic heterocycles. The van der Waals surface area contributed by atoms with Crippen molar-refractivity contribution >= 4 is 15.9 Å². The van der Waals surface area contributed by atoms with Crippen molar-refractivity contribution in [2.24, 2.45) is 0 Å². The molecule has 0 spiro atoms. The average molecular weight is 337 g/mol. The molecule has 20 heavy (non-hydrogen) atoms. The summed E-state index contributed by atoms with van der Waals surface area (Å²) in [5.41, 5.74) is 1.42. The summed E-state index contributed by atoms with van der Waals surface area (Å²) in [6.07, 6.45) is 6.68. The first-order valence-electron chi connectivity index (χ1n) is 7.99. The highest BCUT2D eigenvalue weighted by Gasteiger charge is 2.35. The van der Waals surface area contributed by atoms with Crippen LogP contribution in [0.3, 0.4) is 0 Å². The van der Waals surface area contributed by atoms with Gasteiger partial charge in [0.1, 0.15) is 0 Å². The van der Waals surface area contributed by atoms with E-state index in [-0.39, 0.29) is 0 Å². The van der Waals surface area contributed by atoms with Crippen LogP contribution in [0.1, 0.15) is 44.6 Å². The second-order valence-corrected chi connectivity index (χ2v) is 7.18. The van der Waals surface area contributed by atoms with Gasteiger partial charge in [-0.1, -0.05) is 41.1 Å². The SMILES string of the molecule is CCCN(Cc1ccccc1Br)C1CC2CCC(C1)N2. The van der Waals surface area contributed by atoms with Gasteiger partial charge in [0.05, 0.1) is 0 Å². The molecule has 2 atom stereocenters. The van der Waals surface area contributed by atoms with Gasteiger partial charge in [-0.3, -0.25) is 4.90 Å². The molecule has 3 rings (SSSR count). The minimum Gasteiger partial charge on any atom is -0.311 e. The van der Waals surface area contributed by atoms with Gasteiger partial charge in [0.25, 0.3) is 0 Å². The van der Waals surface area contributed by atoms with Crippen LogP contribution in [0, 0.1) is 0 Å². The molecule has 1 N–H and O–H groups in total. The molecule has 0 aliphatic carbocycles. The summed E-state index contributed by atoms with van der Waals surface area (Å²) in [5, 5.41) is 3.76. The first-order valence-corrected chi connectivity index (χ1v) is 8.79. The Labute approximate surface area is 131 Å². The second-order valence-electron chi connectivity index (χ2n) is 6.32. The average Bonchev–Trinajstić information content (AvgIpc) is 2.79. The largest absolute Gasteiger partial charge is 0.311 e. The maximum Gasteiger partial charge on any atom is 0.0247 e. The fourth-order valence-corrected chi connectivity index (χ4v) is 4.26. The van der Waals surface area contributed by atoms with E-state index < -0.39 is 0 Å². The lowest BCUT2D eigenvalue weighted by Gasteiger charge is -2.38. The first-order chi connectivity index (χ1) is 9.76. The van der Waals surface area contributed by atoms with E-state index in [0.717, 1.165) is 24.7 Å². The van der Waals surface area contributed by atoms with Crippen molar-refractivity contribution in [1.82, 2.24) is 10.2 Å². The number of nitrogens with one attached hydrogen (secondary N) is 1. The van der Waals surface area contributed by atoms with Crippen molar-refractivity contribution in [1.29, 1.82) is 0 Å². The van der Waals surface area contributed by atoms with E-state index in [4.69, 9.17) is 0 Å². The van der Waals surface area contributed by atoms with Crippen LogP contribution in [0.2, 0.25) is 0 Å². The van der Waals surface area contributed by atoms with Gasteiger partial charge < -0.3 is 5.32 Å². The lowest BCUT2D eigenvalue weighted by molar-refractivity contribution is 0.133. The van der Waals surface area contributed by atoms with Gasteiger partial charge in [-0.05, 0) is 50.3 Å². The number of hydrogen-bond donors (Lipinski definition) is 1. The summed E-state index contributed by atoms with van der Waals surface area (Å²) in [5.74, 6) is 0. The maximum atomic E-state index is 3.76. The zero-order valence-corrected chi connectivity index (χ0v) is 13.9. The van der Waals surface area contributed by atoms with E-state index in [1.54, 1.807) is 0 Å². The molecule has 1 aromatic carbocycles. The fraction of sp³-hybridized carbons (Fsp3) is 0.647. The van der Waals surface area contributed by atoms with Crippen LogP contribution in [0.4, 0.5) is 0 Å². The molecule has 2 unspecified atom stereocenters. The van der Waals surface area contributed by atoms with E-state index in [0.29, 0.717) is 0 Å². The standard InChI is InChI=1S/C17H25BrN2/c1-2-9-20(12-13-5-3-4-6-17(13)18)16-10-14-7-8-15(11-16)19-14/h3-6,14-16,19H,2,7-12H2,1H3. The Balaban J connectivity index is 1.70. The lowest BCUT2D eigenvalue weighted by atomic mass is 9.97. The smallest absolute Gasteiger partial charge is 0.0247 e. The van der Waals surface area contributed by atoms with Gasteiger partial charge in [0, 0.05) is 29.1 Å². The summed E-state index contributed by atoms with van der Waals surface area (Å²) in [4.78, 5) is 2.71. The monoisotopic (exact) mass is 336 g/mol. The number of rotatable bonds is 5.